The average molecular weight is 316 g/mol. The van der Waals surface area contributed by atoms with Crippen LogP contribution in [-0.4, -0.2) is 46.8 Å². The maximum Gasteiger partial charge on any atom is 0.335 e. The number of nitrogens with one attached hydrogen (secondary N) is 1. The van der Waals surface area contributed by atoms with E-state index >= 15 is 0 Å². The van der Waals surface area contributed by atoms with E-state index in [1.807, 2.05) is 6.92 Å². The molecule has 2 N–H and O–H groups in total. The second kappa shape index (κ2) is 6.37. The van der Waals surface area contributed by atoms with Crippen LogP contribution in [0.1, 0.15) is 23.7 Å². The number of fused-ring (bicyclic) bond motifs is 1. The van der Waals surface area contributed by atoms with Crippen LogP contribution < -0.4 is 15.8 Å². The third kappa shape index (κ3) is 2.92. The molecule has 1 aliphatic rings. The number of hydrogen-bond acceptors (Lipinski definition) is 5. The van der Waals surface area contributed by atoms with Crippen molar-refractivity contribution in [2.75, 3.05) is 31.1 Å². The van der Waals surface area contributed by atoms with E-state index in [1.54, 1.807) is 10.6 Å². The lowest BCUT2D eigenvalue weighted by atomic mass is 10.1. The van der Waals surface area contributed by atoms with Gasteiger partial charge >= 0.3 is 5.97 Å². The summed E-state index contributed by atoms with van der Waals surface area (Å²) in [5, 5.41) is 12.9. The van der Waals surface area contributed by atoms with E-state index in [9.17, 15) is 9.59 Å². The molecule has 1 aromatic carbocycles. The van der Waals surface area contributed by atoms with Gasteiger partial charge in [-0.05, 0) is 38.1 Å². The van der Waals surface area contributed by atoms with Crippen LogP contribution in [0.25, 0.3) is 10.9 Å². The molecule has 0 atom stereocenters. The van der Waals surface area contributed by atoms with Gasteiger partial charge in [0.05, 0.1) is 16.5 Å². The summed E-state index contributed by atoms with van der Waals surface area (Å²) >= 11 is 0. The molecule has 2 heterocycles. The normalized spacial score (nSPS) is 15.6. The number of aromatic nitrogens is 2. The molecular weight excluding hydrogens is 296 g/mol. The molecule has 1 aromatic heterocycles. The summed E-state index contributed by atoms with van der Waals surface area (Å²) in [6.45, 7) is 5.83. The smallest absolute Gasteiger partial charge is 0.335 e. The lowest BCUT2D eigenvalue weighted by Gasteiger charge is -2.24. The van der Waals surface area contributed by atoms with E-state index in [-0.39, 0.29) is 11.1 Å². The third-order valence-electron chi connectivity index (χ3n) is 4.12. The summed E-state index contributed by atoms with van der Waals surface area (Å²) in [6, 6.07) is 4.47. The van der Waals surface area contributed by atoms with Crippen LogP contribution in [0.3, 0.4) is 0 Å². The summed E-state index contributed by atoms with van der Waals surface area (Å²) in [4.78, 5) is 30.6. The van der Waals surface area contributed by atoms with E-state index in [4.69, 9.17) is 5.11 Å². The van der Waals surface area contributed by atoms with Crippen LogP contribution in [0, 0.1) is 0 Å². The number of carboxylic acids is 1. The van der Waals surface area contributed by atoms with Crippen molar-refractivity contribution >= 4 is 22.8 Å². The molecule has 1 fully saturated rings. The summed E-state index contributed by atoms with van der Waals surface area (Å²) < 4.78 is 1.66. The number of carbonyl (C=O) groups is 1. The predicted molar refractivity (Wildman–Crippen MR) is 88.3 cm³/mol. The molecule has 2 aromatic rings. The minimum atomic E-state index is -1.02. The molecule has 3 rings (SSSR count). The lowest BCUT2D eigenvalue weighted by molar-refractivity contribution is 0.0697. The second-order valence-corrected chi connectivity index (χ2v) is 5.59. The Bertz CT molecular complexity index is 792. The molecule has 7 heteroatoms. The molecule has 7 nitrogen and oxygen atoms in total. The molecular formula is C16H20N4O3. The molecule has 1 aliphatic heterocycles. The lowest BCUT2D eigenvalue weighted by Crippen LogP contribution is -2.35. The van der Waals surface area contributed by atoms with Gasteiger partial charge < -0.3 is 15.3 Å². The first kappa shape index (κ1) is 15.5. The van der Waals surface area contributed by atoms with Crippen LogP contribution in [0.5, 0.6) is 0 Å². The summed E-state index contributed by atoms with van der Waals surface area (Å²) in [5.74, 6) is -0.398. The summed E-state index contributed by atoms with van der Waals surface area (Å²) in [6.07, 6.45) is 0.979. The van der Waals surface area contributed by atoms with Crippen LogP contribution in [0.4, 0.5) is 5.95 Å². The zero-order chi connectivity index (χ0) is 16.4. The minimum absolute atomic E-state index is 0.123. The van der Waals surface area contributed by atoms with Crippen molar-refractivity contribution < 1.29 is 9.90 Å². The molecule has 0 unspecified atom stereocenters. The summed E-state index contributed by atoms with van der Waals surface area (Å²) in [5.41, 5.74) is 0.454. The highest BCUT2D eigenvalue weighted by Gasteiger charge is 2.18. The van der Waals surface area contributed by atoms with Gasteiger partial charge in [0.15, 0.2) is 0 Å². The third-order valence-corrected chi connectivity index (χ3v) is 4.12. The Morgan fingerprint density at radius 3 is 2.91 bits per heavy atom. The Labute approximate surface area is 133 Å². The molecule has 23 heavy (non-hydrogen) atoms. The molecule has 1 saturated heterocycles. The average Bonchev–Trinajstić information content (AvgIpc) is 2.83. The van der Waals surface area contributed by atoms with Gasteiger partial charge in [-0.25, -0.2) is 9.78 Å². The summed E-state index contributed by atoms with van der Waals surface area (Å²) in [7, 11) is 0. The molecule has 0 spiro atoms. The van der Waals surface area contributed by atoms with Crippen molar-refractivity contribution in [2.24, 2.45) is 0 Å². The zero-order valence-corrected chi connectivity index (χ0v) is 13.1. The van der Waals surface area contributed by atoms with Gasteiger partial charge in [0.25, 0.3) is 5.56 Å². The first-order chi connectivity index (χ1) is 11.1. The number of carboxylic acid groups (broad SMARTS) is 1. The molecule has 0 saturated carbocycles. The predicted octanol–water partition coefficient (Wildman–Crippen LogP) is 0.914. The first-order valence-corrected chi connectivity index (χ1v) is 7.85. The highest BCUT2D eigenvalue weighted by atomic mass is 16.4. The Morgan fingerprint density at radius 1 is 1.35 bits per heavy atom. The van der Waals surface area contributed by atoms with Gasteiger partial charge in [-0.1, -0.05) is 0 Å². The van der Waals surface area contributed by atoms with Crippen molar-refractivity contribution in [3.05, 3.63) is 34.1 Å². The number of hydrogen-bond donors (Lipinski definition) is 2. The SMILES string of the molecule is CCn1c(N2CCCNCC2)nc2cc(C(=O)O)ccc2c1=O. The fourth-order valence-electron chi connectivity index (χ4n) is 2.91. The molecule has 122 valence electrons. The second-order valence-electron chi connectivity index (χ2n) is 5.59. The van der Waals surface area contributed by atoms with E-state index in [2.05, 4.69) is 15.2 Å². The van der Waals surface area contributed by atoms with Crippen LogP contribution in [-0.2, 0) is 6.54 Å². The molecule has 0 aliphatic carbocycles. The van der Waals surface area contributed by atoms with Gasteiger partial charge in [0.1, 0.15) is 0 Å². The van der Waals surface area contributed by atoms with E-state index in [0.29, 0.717) is 23.4 Å². The molecule has 0 amide bonds. The number of nitrogens with zero attached hydrogens (tertiary/aromatic N) is 3. The molecule has 0 radical (unpaired) electrons. The highest BCUT2D eigenvalue weighted by Crippen LogP contribution is 2.17. The fraction of sp³-hybridized carbons (Fsp3) is 0.438. The number of aromatic carboxylic acids is 1. The van der Waals surface area contributed by atoms with Crippen molar-refractivity contribution in [3.8, 4) is 0 Å². The topological polar surface area (TPSA) is 87.5 Å². The minimum Gasteiger partial charge on any atom is -0.478 e. The highest BCUT2D eigenvalue weighted by molar-refractivity contribution is 5.93. The van der Waals surface area contributed by atoms with Crippen molar-refractivity contribution in [2.45, 2.75) is 19.9 Å². The van der Waals surface area contributed by atoms with Crippen molar-refractivity contribution in [1.29, 1.82) is 0 Å². The quantitative estimate of drug-likeness (QED) is 0.875. The van der Waals surface area contributed by atoms with Crippen molar-refractivity contribution in [1.82, 2.24) is 14.9 Å². The molecule has 0 bridgehead atoms. The van der Waals surface area contributed by atoms with Crippen LogP contribution >= 0.6 is 0 Å². The number of benzene rings is 1. The van der Waals surface area contributed by atoms with Gasteiger partial charge in [-0.2, -0.15) is 0 Å². The standard InChI is InChI=1S/C16H20N4O3/c1-2-20-14(21)12-5-4-11(15(22)23)10-13(12)18-16(20)19-8-3-6-17-7-9-19/h4-5,10,17H,2-3,6-9H2,1H3,(H,22,23). The Balaban J connectivity index is 2.18. The Hall–Kier alpha value is -2.41. The zero-order valence-electron chi connectivity index (χ0n) is 13.1. The van der Waals surface area contributed by atoms with Gasteiger partial charge in [0.2, 0.25) is 5.95 Å². The Kier molecular flexibility index (Phi) is 4.29. The van der Waals surface area contributed by atoms with E-state index in [1.165, 1.54) is 12.1 Å². The maximum atomic E-state index is 12.7. The Morgan fingerprint density at radius 2 is 2.17 bits per heavy atom. The first-order valence-electron chi connectivity index (χ1n) is 7.85. The number of anilines is 1. The maximum absolute atomic E-state index is 12.7. The van der Waals surface area contributed by atoms with E-state index in [0.717, 1.165) is 32.6 Å². The fourth-order valence-corrected chi connectivity index (χ4v) is 2.91. The van der Waals surface area contributed by atoms with Crippen LogP contribution in [0.2, 0.25) is 0 Å². The van der Waals surface area contributed by atoms with Crippen molar-refractivity contribution in [3.63, 3.8) is 0 Å². The van der Waals surface area contributed by atoms with Gasteiger partial charge in [0, 0.05) is 26.2 Å². The number of rotatable bonds is 3. The van der Waals surface area contributed by atoms with Gasteiger partial charge in [-0.15, -0.1) is 0 Å². The largest absolute Gasteiger partial charge is 0.478 e. The van der Waals surface area contributed by atoms with E-state index < -0.39 is 5.97 Å². The monoisotopic (exact) mass is 316 g/mol. The van der Waals surface area contributed by atoms with Gasteiger partial charge in [-0.3, -0.25) is 9.36 Å². The van der Waals surface area contributed by atoms with Crippen LogP contribution in [0.15, 0.2) is 23.0 Å².